The van der Waals surface area contributed by atoms with E-state index in [9.17, 15) is 9.59 Å². The summed E-state index contributed by atoms with van der Waals surface area (Å²) in [6, 6.07) is 16.5. The van der Waals surface area contributed by atoms with Gasteiger partial charge in [-0.25, -0.2) is 0 Å². The molecule has 1 N–H and O–H groups in total. The molecule has 0 heterocycles. The molecule has 1 atom stereocenters. The van der Waals surface area contributed by atoms with Crippen molar-refractivity contribution in [1.82, 2.24) is 10.2 Å². The van der Waals surface area contributed by atoms with Crippen molar-refractivity contribution < 1.29 is 19.1 Å². The topological polar surface area (TPSA) is 67.9 Å². The van der Waals surface area contributed by atoms with Crippen LogP contribution < -0.4 is 14.8 Å². The number of benzene rings is 2. The number of likely N-dealkylation sites (N-methyl/N-ethyl adjacent to an activating group) is 1. The van der Waals surface area contributed by atoms with Crippen LogP contribution in [0.2, 0.25) is 0 Å². The molecule has 0 radical (unpaired) electrons. The Bertz CT molecular complexity index is 764. The largest absolute Gasteiger partial charge is 0.493 e. The van der Waals surface area contributed by atoms with Gasteiger partial charge in [-0.05, 0) is 30.5 Å². The lowest BCUT2D eigenvalue weighted by Gasteiger charge is -2.30. The fraction of sp³-hybridized carbons (Fsp3) is 0.364. The summed E-state index contributed by atoms with van der Waals surface area (Å²) >= 11 is 0. The second-order valence-corrected chi connectivity index (χ2v) is 6.30. The first-order valence-corrected chi connectivity index (χ1v) is 9.41. The zero-order valence-electron chi connectivity index (χ0n) is 16.7. The molecule has 2 amide bonds. The highest BCUT2D eigenvalue weighted by molar-refractivity contribution is 5.88. The van der Waals surface area contributed by atoms with Gasteiger partial charge in [0.2, 0.25) is 5.91 Å². The van der Waals surface area contributed by atoms with Gasteiger partial charge in [0.25, 0.3) is 5.91 Å². The monoisotopic (exact) mass is 384 g/mol. The Hall–Kier alpha value is -3.02. The number of methoxy groups -OCH3 is 1. The number of rotatable bonds is 10. The molecule has 0 spiro atoms. The number of nitrogens with one attached hydrogen (secondary N) is 1. The van der Waals surface area contributed by atoms with Crippen LogP contribution in [0, 0.1) is 0 Å². The van der Waals surface area contributed by atoms with Gasteiger partial charge in [0.05, 0.1) is 7.11 Å². The molecule has 2 aromatic rings. The molecule has 0 aliphatic rings. The number of hydrogen-bond donors (Lipinski definition) is 1. The molecule has 0 saturated heterocycles. The average molecular weight is 384 g/mol. The first-order valence-electron chi connectivity index (χ1n) is 9.41. The highest BCUT2D eigenvalue weighted by Crippen LogP contribution is 2.25. The molecule has 2 rings (SSSR count). The van der Waals surface area contributed by atoms with Crippen LogP contribution in [0.1, 0.15) is 18.9 Å². The summed E-state index contributed by atoms with van der Waals surface area (Å²) < 4.78 is 10.9. The summed E-state index contributed by atoms with van der Waals surface area (Å²) in [5, 5.41) is 2.65. The van der Waals surface area contributed by atoms with E-state index in [0.717, 1.165) is 5.56 Å². The summed E-state index contributed by atoms with van der Waals surface area (Å²) in [6.45, 7) is 2.16. The van der Waals surface area contributed by atoms with Gasteiger partial charge in [0.1, 0.15) is 6.04 Å². The van der Waals surface area contributed by atoms with Crippen LogP contribution in [0.4, 0.5) is 0 Å². The predicted octanol–water partition coefficient (Wildman–Crippen LogP) is 2.67. The van der Waals surface area contributed by atoms with E-state index in [1.165, 1.54) is 0 Å². The zero-order chi connectivity index (χ0) is 20.4. The van der Waals surface area contributed by atoms with Gasteiger partial charge in [-0.3, -0.25) is 9.59 Å². The Morgan fingerprint density at radius 3 is 2.29 bits per heavy atom. The van der Waals surface area contributed by atoms with E-state index >= 15 is 0 Å². The molecule has 0 unspecified atom stereocenters. The van der Waals surface area contributed by atoms with Crippen LogP contribution in [0.15, 0.2) is 54.6 Å². The SMILES string of the molecule is CC[C@@H](C(=O)NC)N(CCc1ccccc1)C(=O)COc1ccccc1OC. The van der Waals surface area contributed by atoms with E-state index in [1.54, 1.807) is 31.2 Å². The van der Waals surface area contributed by atoms with Gasteiger partial charge in [-0.15, -0.1) is 0 Å². The van der Waals surface area contributed by atoms with E-state index < -0.39 is 6.04 Å². The summed E-state index contributed by atoms with van der Waals surface area (Å²) in [6.07, 6.45) is 1.18. The Morgan fingerprint density at radius 2 is 1.68 bits per heavy atom. The van der Waals surface area contributed by atoms with Crippen molar-refractivity contribution in [3.63, 3.8) is 0 Å². The van der Waals surface area contributed by atoms with Crippen LogP contribution in [0.3, 0.4) is 0 Å². The van der Waals surface area contributed by atoms with Crippen molar-refractivity contribution in [1.29, 1.82) is 0 Å². The van der Waals surface area contributed by atoms with Crippen molar-refractivity contribution in [3.8, 4) is 11.5 Å². The van der Waals surface area contributed by atoms with Gasteiger partial charge in [0.15, 0.2) is 18.1 Å². The van der Waals surface area contributed by atoms with E-state index in [0.29, 0.717) is 30.9 Å². The molecule has 0 fully saturated rings. The van der Waals surface area contributed by atoms with Crippen LogP contribution in [-0.2, 0) is 16.0 Å². The minimum atomic E-state index is -0.539. The normalized spacial score (nSPS) is 11.4. The summed E-state index contributed by atoms with van der Waals surface area (Å²) in [4.78, 5) is 26.8. The van der Waals surface area contributed by atoms with Crippen molar-refractivity contribution in [2.45, 2.75) is 25.8 Å². The molecule has 150 valence electrons. The number of para-hydroxylation sites is 2. The van der Waals surface area contributed by atoms with Crippen LogP contribution >= 0.6 is 0 Å². The fourth-order valence-electron chi connectivity index (χ4n) is 3.02. The lowest BCUT2D eigenvalue weighted by Crippen LogP contribution is -2.50. The maximum Gasteiger partial charge on any atom is 0.261 e. The number of amides is 2. The molecule has 6 nitrogen and oxygen atoms in total. The molecule has 0 bridgehead atoms. The molecular weight excluding hydrogens is 356 g/mol. The average Bonchev–Trinajstić information content (AvgIpc) is 2.75. The zero-order valence-corrected chi connectivity index (χ0v) is 16.7. The molecular formula is C22H28N2O4. The lowest BCUT2D eigenvalue weighted by molar-refractivity contribution is -0.142. The first-order chi connectivity index (χ1) is 13.6. The maximum absolute atomic E-state index is 12.9. The van der Waals surface area contributed by atoms with Crippen molar-refractivity contribution in [2.24, 2.45) is 0 Å². The second kappa shape index (κ2) is 11.0. The molecule has 0 aliphatic carbocycles. The van der Waals surface area contributed by atoms with Crippen molar-refractivity contribution in [3.05, 3.63) is 60.2 Å². The van der Waals surface area contributed by atoms with Gasteiger partial charge < -0.3 is 19.7 Å². The Morgan fingerprint density at radius 1 is 1.04 bits per heavy atom. The highest BCUT2D eigenvalue weighted by atomic mass is 16.5. The summed E-state index contributed by atoms with van der Waals surface area (Å²) in [5.41, 5.74) is 1.11. The molecule has 0 aliphatic heterocycles. The minimum absolute atomic E-state index is 0.164. The minimum Gasteiger partial charge on any atom is -0.493 e. The molecule has 0 aromatic heterocycles. The van der Waals surface area contributed by atoms with Gasteiger partial charge in [-0.2, -0.15) is 0 Å². The smallest absolute Gasteiger partial charge is 0.261 e. The third-order valence-electron chi connectivity index (χ3n) is 4.54. The van der Waals surface area contributed by atoms with Crippen LogP contribution in [0.5, 0.6) is 11.5 Å². The quantitative estimate of drug-likeness (QED) is 0.684. The standard InChI is InChI=1S/C22H28N2O4/c1-4-18(22(26)23-2)24(15-14-17-10-6-5-7-11-17)21(25)16-28-20-13-9-8-12-19(20)27-3/h5-13,18H,4,14-16H2,1-3H3,(H,23,26)/t18-/m0/s1. The fourth-order valence-corrected chi connectivity index (χ4v) is 3.02. The van der Waals surface area contributed by atoms with E-state index in [-0.39, 0.29) is 18.4 Å². The lowest BCUT2D eigenvalue weighted by atomic mass is 10.1. The third-order valence-corrected chi connectivity index (χ3v) is 4.54. The Kier molecular flexibility index (Phi) is 8.34. The number of ether oxygens (including phenoxy) is 2. The number of hydrogen-bond acceptors (Lipinski definition) is 4. The van der Waals surface area contributed by atoms with Crippen molar-refractivity contribution >= 4 is 11.8 Å². The van der Waals surface area contributed by atoms with Crippen LogP contribution in [-0.4, -0.2) is 50.1 Å². The molecule has 28 heavy (non-hydrogen) atoms. The first kappa shape index (κ1) is 21.3. The van der Waals surface area contributed by atoms with Gasteiger partial charge >= 0.3 is 0 Å². The third kappa shape index (κ3) is 5.74. The number of carbonyl (C=O) groups is 2. The maximum atomic E-state index is 12.9. The Balaban J connectivity index is 2.11. The van der Waals surface area contributed by atoms with Crippen LogP contribution in [0.25, 0.3) is 0 Å². The second-order valence-electron chi connectivity index (χ2n) is 6.30. The van der Waals surface area contributed by atoms with Crippen molar-refractivity contribution in [2.75, 3.05) is 27.3 Å². The van der Waals surface area contributed by atoms with E-state index in [2.05, 4.69) is 5.32 Å². The van der Waals surface area contributed by atoms with E-state index in [4.69, 9.17) is 9.47 Å². The summed E-state index contributed by atoms with van der Waals surface area (Å²) in [7, 11) is 3.13. The molecule has 2 aromatic carbocycles. The predicted molar refractivity (Wildman–Crippen MR) is 108 cm³/mol. The van der Waals surface area contributed by atoms with Gasteiger partial charge in [0, 0.05) is 13.6 Å². The number of nitrogens with zero attached hydrogens (tertiary/aromatic N) is 1. The molecule has 0 saturated carbocycles. The highest BCUT2D eigenvalue weighted by Gasteiger charge is 2.28. The summed E-state index contributed by atoms with van der Waals surface area (Å²) in [5.74, 6) is 0.636. The Labute approximate surface area is 166 Å². The molecule has 6 heteroatoms. The van der Waals surface area contributed by atoms with Gasteiger partial charge in [-0.1, -0.05) is 49.4 Å². The van der Waals surface area contributed by atoms with E-state index in [1.807, 2.05) is 49.4 Å². The number of carbonyl (C=O) groups excluding carboxylic acids is 2.